The molecule has 112 valence electrons. The fourth-order valence-corrected chi connectivity index (χ4v) is 3.12. The van der Waals surface area contributed by atoms with Gasteiger partial charge in [0.05, 0.1) is 18.4 Å². The number of hydrogen-bond acceptors (Lipinski definition) is 4. The van der Waals surface area contributed by atoms with Crippen molar-refractivity contribution in [3.05, 3.63) is 17.5 Å². The molecule has 0 unspecified atom stereocenters. The van der Waals surface area contributed by atoms with Gasteiger partial charge in [-0.2, -0.15) is 5.10 Å². The molecule has 1 aliphatic heterocycles. The van der Waals surface area contributed by atoms with E-state index in [1.54, 1.807) is 7.05 Å². The number of hydrogen-bond donors (Lipinski definition) is 2. The number of nitrogens with one attached hydrogen (secondary N) is 1. The van der Waals surface area contributed by atoms with Gasteiger partial charge in [-0.3, -0.25) is 14.4 Å². The molecule has 2 heterocycles. The van der Waals surface area contributed by atoms with Crippen LogP contribution in [0.2, 0.25) is 0 Å². The highest BCUT2D eigenvalue weighted by atomic mass is 16.4. The van der Waals surface area contributed by atoms with Crippen LogP contribution < -0.4 is 5.32 Å². The van der Waals surface area contributed by atoms with E-state index >= 15 is 0 Å². The van der Waals surface area contributed by atoms with Crippen LogP contribution in [0.4, 0.5) is 4.79 Å². The van der Waals surface area contributed by atoms with Crippen molar-refractivity contribution in [3.8, 4) is 0 Å². The summed E-state index contributed by atoms with van der Waals surface area (Å²) in [7, 11) is 1.59. The van der Waals surface area contributed by atoms with Crippen LogP contribution in [0, 0.1) is 0 Å². The van der Waals surface area contributed by atoms with Gasteiger partial charge in [-0.25, -0.2) is 9.59 Å². The summed E-state index contributed by atoms with van der Waals surface area (Å²) in [4.78, 5) is 36.9. The van der Waals surface area contributed by atoms with Crippen LogP contribution in [-0.4, -0.2) is 43.2 Å². The van der Waals surface area contributed by atoms with E-state index in [0.29, 0.717) is 18.5 Å². The number of rotatable bonds is 3. The van der Waals surface area contributed by atoms with Crippen molar-refractivity contribution in [2.24, 2.45) is 7.05 Å². The smallest absolute Gasteiger partial charge is 0.339 e. The number of urea groups is 1. The van der Waals surface area contributed by atoms with E-state index in [0.717, 1.165) is 17.7 Å². The number of carboxylic acids is 1. The third kappa shape index (κ3) is 1.98. The molecule has 2 N–H and O–H groups in total. The summed E-state index contributed by atoms with van der Waals surface area (Å²) < 4.78 is 1.38. The maximum absolute atomic E-state index is 12.5. The van der Waals surface area contributed by atoms with Crippen LogP contribution in [-0.2, 0) is 18.4 Å². The molecule has 0 atom stereocenters. The molecule has 21 heavy (non-hydrogen) atoms. The lowest BCUT2D eigenvalue weighted by atomic mass is 9.98. The SMILES string of the molecule is Cn1ncc(C(=O)O)c1CN1C(=O)NC2(CCCC2)C1=O. The summed E-state index contributed by atoms with van der Waals surface area (Å²) in [6.07, 6.45) is 4.33. The molecule has 0 radical (unpaired) electrons. The molecule has 0 bridgehead atoms. The normalized spacial score (nSPS) is 20.3. The van der Waals surface area contributed by atoms with Crippen molar-refractivity contribution < 1.29 is 19.5 Å². The van der Waals surface area contributed by atoms with Crippen LogP contribution in [0.3, 0.4) is 0 Å². The molecule has 2 aliphatic rings. The summed E-state index contributed by atoms with van der Waals surface area (Å²) in [6.45, 7) is -0.0788. The Hall–Kier alpha value is -2.38. The number of aryl methyl sites for hydroxylation is 1. The van der Waals surface area contributed by atoms with Crippen LogP contribution in [0.5, 0.6) is 0 Å². The number of imide groups is 1. The largest absolute Gasteiger partial charge is 0.478 e. The second kappa shape index (κ2) is 4.57. The summed E-state index contributed by atoms with van der Waals surface area (Å²) in [5, 5.41) is 15.8. The molecule has 1 aromatic heterocycles. The molecule has 1 saturated heterocycles. The van der Waals surface area contributed by atoms with Crippen LogP contribution in [0.1, 0.15) is 41.7 Å². The number of carbonyl (C=O) groups is 3. The van der Waals surface area contributed by atoms with Gasteiger partial charge in [0.15, 0.2) is 0 Å². The number of amides is 3. The maximum Gasteiger partial charge on any atom is 0.339 e. The molecular weight excluding hydrogens is 276 g/mol. The first-order valence-electron chi connectivity index (χ1n) is 6.83. The van der Waals surface area contributed by atoms with Gasteiger partial charge in [0.25, 0.3) is 5.91 Å². The molecule has 3 amide bonds. The molecule has 3 rings (SSSR count). The van der Waals surface area contributed by atoms with Gasteiger partial charge in [-0.1, -0.05) is 12.8 Å². The minimum absolute atomic E-state index is 0.00507. The number of nitrogens with zero attached hydrogens (tertiary/aromatic N) is 3. The first-order chi connectivity index (χ1) is 9.94. The van der Waals surface area contributed by atoms with Gasteiger partial charge in [-0.15, -0.1) is 0 Å². The van der Waals surface area contributed by atoms with Gasteiger partial charge >= 0.3 is 12.0 Å². The zero-order valence-corrected chi connectivity index (χ0v) is 11.6. The second-order valence-corrected chi connectivity index (χ2v) is 5.54. The lowest BCUT2D eigenvalue weighted by molar-refractivity contribution is -0.131. The van der Waals surface area contributed by atoms with Crippen LogP contribution in [0.15, 0.2) is 6.20 Å². The Balaban J connectivity index is 1.89. The standard InChI is InChI=1S/C13H16N4O4/c1-16-9(8(6-14-16)10(18)19)7-17-11(20)13(15-12(17)21)4-2-3-5-13/h6H,2-5,7H2,1H3,(H,15,21)(H,18,19). The average molecular weight is 292 g/mol. The highest BCUT2D eigenvalue weighted by Crippen LogP contribution is 2.35. The van der Waals surface area contributed by atoms with E-state index in [-0.39, 0.29) is 18.0 Å². The number of aromatic nitrogens is 2. The molecule has 2 fully saturated rings. The first kappa shape index (κ1) is 13.6. The van der Waals surface area contributed by atoms with E-state index in [2.05, 4.69) is 10.4 Å². The van der Waals surface area contributed by atoms with E-state index in [9.17, 15) is 14.4 Å². The van der Waals surface area contributed by atoms with Gasteiger partial charge in [-0.05, 0) is 12.8 Å². The van der Waals surface area contributed by atoms with Crippen molar-refractivity contribution in [2.75, 3.05) is 0 Å². The predicted octanol–water partition coefficient (Wildman–Crippen LogP) is 0.483. The number of carbonyl (C=O) groups excluding carboxylic acids is 2. The maximum atomic E-state index is 12.5. The first-order valence-corrected chi connectivity index (χ1v) is 6.83. The second-order valence-electron chi connectivity index (χ2n) is 5.54. The lowest BCUT2D eigenvalue weighted by Crippen LogP contribution is -2.44. The van der Waals surface area contributed by atoms with Crippen molar-refractivity contribution in [3.63, 3.8) is 0 Å². The van der Waals surface area contributed by atoms with Crippen LogP contribution in [0.25, 0.3) is 0 Å². The molecule has 8 heteroatoms. The van der Waals surface area contributed by atoms with Gasteiger partial charge < -0.3 is 10.4 Å². The molecule has 1 spiro atoms. The average Bonchev–Trinajstić information content (AvgIpc) is 3.08. The Kier molecular flexibility index (Phi) is 2.96. The lowest BCUT2D eigenvalue weighted by Gasteiger charge is -2.20. The Labute approximate surface area is 120 Å². The molecule has 8 nitrogen and oxygen atoms in total. The Morgan fingerprint density at radius 1 is 1.43 bits per heavy atom. The Morgan fingerprint density at radius 2 is 2.10 bits per heavy atom. The molecule has 1 aromatic rings. The third-order valence-electron chi connectivity index (χ3n) is 4.30. The molecular formula is C13H16N4O4. The van der Waals surface area contributed by atoms with Crippen LogP contribution >= 0.6 is 0 Å². The predicted molar refractivity (Wildman–Crippen MR) is 70.4 cm³/mol. The van der Waals surface area contributed by atoms with Crippen molar-refractivity contribution >= 4 is 17.9 Å². The highest BCUT2D eigenvalue weighted by Gasteiger charge is 2.52. The molecule has 1 aliphatic carbocycles. The zero-order chi connectivity index (χ0) is 15.2. The summed E-state index contributed by atoms with van der Waals surface area (Å²) in [5.74, 6) is -1.39. The topological polar surface area (TPSA) is 105 Å². The van der Waals surface area contributed by atoms with Crippen molar-refractivity contribution in [2.45, 2.75) is 37.8 Å². The number of carboxylic acid groups (broad SMARTS) is 1. The zero-order valence-electron chi connectivity index (χ0n) is 11.6. The van der Waals surface area contributed by atoms with E-state index in [1.165, 1.54) is 10.9 Å². The van der Waals surface area contributed by atoms with E-state index in [4.69, 9.17) is 5.11 Å². The monoisotopic (exact) mass is 292 g/mol. The summed E-state index contributed by atoms with van der Waals surface area (Å²) in [6, 6.07) is -0.459. The van der Waals surface area contributed by atoms with E-state index in [1.807, 2.05) is 0 Å². The molecule has 1 saturated carbocycles. The van der Waals surface area contributed by atoms with Gasteiger partial charge in [0.2, 0.25) is 0 Å². The fourth-order valence-electron chi connectivity index (χ4n) is 3.12. The fraction of sp³-hybridized carbons (Fsp3) is 0.538. The van der Waals surface area contributed by atoms with E-state index < -0.39 is 17.5 Å². The third-order valence-corrected chi connectivity index (χ3v) is 4.30. The van der Waals surface area contributed by atoms with Gasteiger partial charge in [0, 0.05) is 7.05 Å². The Bertz CT molecular complexity index is 630. The quantitative estimate of drug-likeness (QED) is 0.789. The number of aromatic carboxylic acids is 1. The summed E-state index contributed by atoms with van der Waals surface area (Å²) in [5.41, 5.74) is -0.439. The van der Waals surface area contributed by atoms with Gasteiger partial charge in [0.1, 0.15) is 11.1 Å². The van der Waals surface area contributed by atoms with Crippen molar-refractivity contribution in [1.82, 2.24) is 20.0 Å². The van der Waals surface area contributed by atoms with Crippen molar-refractivity contribution in [1.29, 1.82) is 0 Å². The Morgan fingerprint density at radius 3 is 2.71 bits per heavy atom. The molecule has 0 aromatic carbocycles. The minimum Gasteiger partial charge on any atom is -0.478 e. The minimum atomic E-state index is -1.12. The summed E-state index contributed by atoms with van der Waals surface area (Å²) >= 11 is 0. The highest BCUT2D eigenvalue weighted by molar-refractivity contribution is 6.07.